The predicted molar refractivity (Wildman–Crippen MR) is 100 cm³/mol. The molecule has 1 atom stereocenters. The fourth-order valence-corrected chi connectivity index (χ4v) is 4.94. The van der Waals surface area contributed by atoms with Crippen molar-refractivity contribution in [2.75, 3.05) is 44.8 Å². The molecule has 144 valence electrons. The van der Waals surface area contributed by atoms with Crippen LogP contribution in [0.15, 0.2) is 35.1 Å². The van der Waals surface area contributed by atoms with Gasteiger partial charge in [-0.15, -0.1) is 5.10 Å². The highest BCUT2D eigenvalue weighted by atomic mass is 16.5. The lowest BCUT2D eigenvalue weighted by atomic mass is 9.86. The molecule has 0 N–H and O–H groups in total. The van der Waals surface area contributed by atoms with E-state index in [4.69, 9.17) is 13.9 Å². The van der Waals surface area contributed by atoms with Gasteiger partial charge >= 0.3 is 6.01 Å². The molecule has 1 aromatic heterocycles. The minimum atomic E-state index is -0.0291. The Bertz CT molecular complexity index is 767. The quantitative estimate of drug-likeness (QED) is 0.818. The van der Waals surface area contributed by atoms with Crippen molar-refractivity contribution < 1.29 is 13.9 Å². The maximum Gasteiger partial charge on any atom is 0.318 e. The summed E-state index contributed by atoms with van der Waals surface area (Å²) in [6, 6.07) is 9.57. The number of anilines is 1. The molecule has 1 aromatic carbocycles. The summed E-state index contributed by atoms with van der Waals surface area (Å²) in [5, 5.41) is 7.74. The molecule has 1 spiro atoms. The molecule has 0 amide bonds. The molecule has 0 saturated carbocycles. The van der Waals surface area contributed by atoms with E-state index in [2.05, 4.69) is 38.2 Å². The van der Waals surface area contributed by atoms with Crippen molar-refractivity contribution in [3.63, 3.8) is 0 Å². The van der Waals surface area contributed by atoms with Gasteiger partial charge < -0.3 is 18.8 Å². The number of methoxy groups -OCH3 is 1. The Balaban J connectivity index is 1.16. The maximum absolute atomic E-state index is 6.23. The summed E-state index contributed by atoms with van der Waals surface area (Å²) >= 11 is 0. The number of benzene rings is 1. The first-order valence-corrected chi connectivity index (χ1v) is 9.78. The van der Waals surface area contributed by atoms with E-state index in [1.165, 1.54) is 24.8 Å². The van der Waals surface area contributed by atoms with Gasteiger partial charge in [-0.3, -0.25) is 4.90 Å². The summed E-state index contributed by atoms with van der Waals surface area (Å²) in [5.74, 6) is 1.61. The van der Waals surface area contributed by atoms with Crippen molar-refractivity contribution in [1.29, 1.82) is 0 Å². The number of hydrogen-bond donors (Lipinski definition) is 0. The smallest absolute Gasteiger partial charge is 0.318 e. The van der Waals surface area contributed by atoms with Crippen LogP contribution in [0.25, 0.3) is 0 Å². The summed E-state index contributed by atoms with van der Waals surface area (Å²) in [5.41, 5.74) is 1.33. The van der Waals surface area contributed by atoms with E-state index < -0.39 is 0 Å². The lowest BCUT2D eigenvalue weighted by molar-refractivity contribution is -0.0216. The Morgan fingerprint density at radius 2 is 2.00 bits per heavy atom. The second-order valence-electron chi connectivity index (χ2n) is 7.98. The van der Waals surface area contributed by atoms with E-state index in [0.29, 0.717) is 18.0 Å². The van der Waals surface area contributed by atoms with Crippen LogP contribution in [0, 0.1) is 0 Å². The minimum Gasteiger partial charge on any atom is -0.496 e. The number of aromatic nitrogens is 2. The summed E-state index contributed by atoms with van der Waals surface area (Å²) in [6.45, 7) is 4.78. The van der Waals surface area contributed by atoms with Crippen LogP contribution in [0.5, 0.6) is 5.75 Å². The maximum atomic E-state index is 6.23. The first kappa shape index (κ1) is 17.0. The van der Waals surface area contributed by atoms with Crippen LogP contribution in [-0.2, 0) is 4.74 Å². The van der Waals surface area contributed by atoms with E-state index in [0.717, 1.165) is 45.0 Å². The number of nitrogens with zero attached hydrogens (tertiary/aromatic N) is 4. The number of piperidine rings is 1. The third kappa shape index (κ3) is 3.08. The van der Waals surface area contributed by atoms with E-state index in [1.54, 1.807) is 7.11 Å². The summed E-state index contributed by atoms with van der Waals surface area (Å²) in [4.78, 5) is 4.72. The third-order valence-electron chi connectivity index (χ3n) is 6.39. The Morgan fingerprint density at radius 1 is 1.19 bits per heavy atom. The molecule has 7 nitrogen and oxygen atoms in total. The van der Waals surface area contributed by atoms with Gasteiger partial charge in [0.25, 0.3) is 0 Å². The van der Waals surface area contributed by atoms with E-state index >= 15 is 0 Å². The number of likely N-dealkylation sites (tertiary alicyclic amines) is 1. The molecular weight excluding hydrogens is 344 g/mol. The van der Waals surface area contributed by atoms with Gasteiger partial charge in [0, 0.05) is 6.04 Å². The van der Waals surface area contributed by atoms with Crippen LogP contribution in [0.2, 0.25) is 0 Å². The Morgan fingerprint density at radius 3 is 2.74 bits per heavy atom. The highest BCUT2D eigenvalue weighted by Gasteiger charge is 2.52. The van der Waals surface area contributed by atoms with E-state index in [1.807, 2.05) is 6.07 Å². The van der Waals surface area contributed by atoms with Gasteiger partial charge in [0.15, 0.2) is 0 Å². The molecule has 0 bridgehead atoms. The largest absolute Gasteiger partial charge is 0.496 e. The van der Waals surface area contributed by atoms with Crippen molar-refractivity contribution in [3.05, 3.63) is 36.2 Å². The van der Waals surface area contributed by atoms with Crippen LogP contribution in [-0.4, -0.2) is 66.6 Å². The highest BCUT2D eigenvalue weighted by Crippen LogP contribution is 2.40. The topological polar surface area (TPSA) is 63.9 Å². The van der Waals surface area contributed by atoms with Gasteiger partial charge in [-0.1, -0.05) is 23.3 Å². The zero-order valence-electron chi connectivity index (χ0n) is 15.7. The number of ether oxygens (including phenoxy) is 2. The molecule has 4 heterocycles. The molecule has 3 fully saturated rings. The van der Waals surface area contributed by atoms with Gasteiger partial charge in [0.2, 0.25) is 6.39 Å². The fourth-order valence-electron chi connectivity index (χ4n) is 4.94. The first-order chi connectivity index (χ1) is 13.3. The van der Waals surface area contributed by atoms with Crippen LogP contribution in [0.3, 0.4) is 0 Å². The second-order valence-corrected chi connectivity index (χ2v) is 7.98. The lowest BCUT2D eigenvalue weighted by Crippen LogP contribution is -2.62. The van der Waals surface area contributed by atoms with Crippen molar-refractivity contribution in [3.8, 4) is 5.75 Å². The normalized spacial score (nSPS) is 25.7. The second kappa shape index (κ2) is 6.80. The molecule has 7 heteroatoms. The summed E-state index contributed by atoms with van der Waals surface area (Å²) in [7, 11) is 1.76. The van der Waals surface area contributed by atoms with Crippen LogP contribution >= 0.6 is 0 Å². The number of hydrogen-bond acceptors (Lipinski definition) is 7. The zero-order chi connectivity index (χ0) is 18.3. The monoisotopic (exact) mass is 370 g/mol. The molecule has 0 radical (unpaired) electrons. The Kier molecular flexibility index (Phi) is 4.28. The zero-order valence-corrected chi connectivity index (χ0v) is 15.7. The molecule has 2 aromatic rings. The van der Waals surface area contributed by atoms with Gasteiger partial charge in [0.1, 0.15) is 11.4 Å². The predicted octanol–water partition coefficient (Wildman–Crippen LogP) is 2.31. The highest BCUT2D eigenvalue weighted by molar-refractivity contribution is 5.37. The molecule has 0 aliphatic carbocycles. The molecule has 3 aliphatic heterocycles. The van der Waals surface area contributed by atoms with E-state index in [9.17, 15) is 0 Å². The number of rotatable bonds is 4. The van der Waals surface area contributed by atoms with Crippen molar-refractivity contribution in [1.82, 2.24) is 15.1 Å². The average molecular weight is 370 g/mol. The average Bonchev–Trinajstić information content (AvgIpc) is 3.37. The first-order valence-electron chi connectivity index (χ1n) is 9.78. The molecule has 3 aliphatic rings. The van der Waals surface area contributed by atoms with Crippen molar-refractivity contribution in [2.24, 2.45) is 0 Å². The fraction of sp³-hybridized carbons (Fsp3) is 0.600. The molecular formula is C20H26N4O3. The minimum absolute atomic E-state index is 0.0291. The van der Waals surface area contributed by atoms with E-state index in [-0.39, 0.29) is 5.60 Å². The van der Waals surface area contributed by atoms with Crippen molar-refractivity contribution in [2.45, 2.75) is 36.8 Å². The molecule has 5 rings (SSSR count). The third-order valence-corrected chi connectivity index (χ3v) is 6.39. The van der Waals surface area contributed by atoms with Gasteiger partial charge in [0.05, 0.1) is 26.8 Å². The van der Waals surface area contributed by atoms with Gasteiger partial charge in [-0.2, -0.15) is 0 Å². The SMILES string of the molecule is COc1ccccc1C1CCN([C@@H]2COC3(C2)CN(c2nnco2)C3)CC1. The van der Waals surface area contributed by atoms with Crippen LogP contribution in [0.1, 0.15) is 30.7 Å². The molecule has 27 heavy (non-hydrogen) atoms. The van der Waals surface area contributed by atoms with Crippen LogP contribution in [0.4, 0.5) is 6.01 Å². The lowest BCUT2D eigenvalue weighted by Gasteiger charge is -2.46. The number of para-hydroxylation sites is 1. The Hall–Kier alpha value is -2.12. The summed E-state index contributed by atoms with van der Waals surface area (Å²) < 4.78 is 17.1. The van der Waals surface area contributed by atoms with Gasteiger partial charge in [-0.25, -0.2) is 0 Å². The van der Waals surface area contributed by atoms with Crippen LogP contribution < -0.4 is 9.64 Å². The van der Waals surface area contributed by atoms with Crippen molar-refractivity contribution >= 4 is 6.01 Å². The standard InChI is InChI=1S/C20H26N4O3/c1-25-18-5-3-2-4-17(18)15-6-8-23(9-7-15)16-10-20(27-11-16)12-24(13-20)19-22-21-14-26-19/h2-5,14-16H,6-13H2,1H3/t16-/m0/s1. The molecule has 3 saturated heterocycles. The summed E-state index contributed by atoms with van der Waals surface area (Å²) in [6.07, 6.45) is 4.83. The van der Waals surface area contributed by atoms with Gasteiger partial charge in [-0.05, 0) is 49.9 Å². The molecule has 0 unspecified atom stereocenters. The Labute approximate surface area is 159 Å².